The van der Waals surface area contributed by atoms with Crippen molar-refractivity contribution >= 4 is 33.3 Å². The van der Waals surface area contributed by atoms with Crippen LogP contribution in [0.1, 0.15) is 21.7 Å². The Hall–Kier alpha value is -2.34. The fourth-order valence-corrected chi connectivity index (χ4v) is 2.78. The Morgan fingerprint density at radius 2 is 2.00 bits per heavy atom. The summed E-state index contributed by atoms with van der Waals surface area (Å²) in [7, 11) is 0. The molecule has 0 spiro atoms. The number of thiazole rings is 1. The maximum Gasteiger partial charge on any atom is 0.258 e. The highest BCUT2D eigenvalue weighted by Crippen LogP contribution is 2.22. The quantitative estimate of drug-likeness (QED) is 0.785. The number of carbonyl (C=O) groups excluding carboxylic acids is 1. The third-order valence-electron chi connectivity index (χ3n) is 2.98. The number of aryl methyl sites for hydroxylation is 2. The van der Waals surface area contributed by atoms with Crippen molar-refractivity contribution < 1.29 is 9.18 Å². The van der Waals surface area contributed by atoms with Crippen LogP contribution in [0.15, 0.2) is 29.6 Å². The van der Waals surface area contributed by atoms with Crippen molar-refractivity contribution in [3.05, 3.63) is 52.4 Å². The summed E-state index contributed by atoms with van der Waals surface area (Å²) in [6.45, 7) is 3.65. The van der Waals surface area contributed by atoms with Gasteiger partial charge in [-0.2, -0.15) is 0 Å². The van der Waals surface area contributed by atoms with E-state index in [0.717, 1.165) is 5.69 Å². The van der Waals surface area contributed by atoms with E-state index in [0.29, 0.717) is 27.3 Å². The molecule has 0 aliphatic rings. The molecule has 1 aromatic carbocycles. The SMILES string of the molecule is Cc1csc(NC(=O)c2cc(C)nc3ccc(F)cc23)n1. The number of nitrogens with zero attached hydrogens (tertiary/aromatic N) is 2. The van der Waals surface area contributed by atoms with Gasteiger partial charge in [0.15, 0.2) is 5.13 Å². The molecular weight excluding hydrogens is 289 g/mol. The zero-order valence-electron chi connectivity index (χ0n) is 11.5. The molecular formula is C15H12FN3OS. The lowest BCUT2D eigenvalue weighted by atomic mass is 10.1. The zero-order valence-corrected chi connectivity index (χ0v) is 12.3. The monoisotopic (exact) mass is 301 g/mol. The smallest absolute Gasteiger partial charge is 0.258 e. The van der Waals surface area contributed by atoms with Crippen molar-refractivity contribution in [2.75, 3.05) is 5.32 Å². The van der Waals surface area contributed by atoms with Crippen LogP contribution in [0, 0.1) is 19.7 Å². The van der Waals surface area contributed by atoms with Crippen LogP contribution in [0.3, 0.4) is 0 Å². The fraction of sp³-hybridized carbons (Fsp3) is 0.133. The molecule has 0 bridgehead atoms. The maximum atomic E-state index is 13.4. The maximum absolute atomic E-state index is 13.4. The molecule has 0 unspecified atom stereocenters. The minimum absolute atomic E-state index is 0.314. The van der Waals surface area contributed by atoms with E-state index in [1.807, 2.05) is 12.3 Å². The summed E-state index contributed by atoms with van der Waals surface area (Å²) in [6.07, 6.45) is 0. The first-order valence-electron chi connectivity index (χ1n) is 6.33. The largest absolute Gasteiger partial charge is 0.298 e. The molecule has 106 valence electrons. The van der Waals surface area contributed by atoms with Crippen molar-refractivity contribution in [2.45, 2.75) is 13.8 Å². The Bertz CT molecular complexity index is 844. The Kier molecular flexibility index (Phi) is 3.39. The predicted molar refractivity (Wildman–Crippen MR) is 81.2 cm³/mol. The summed E-state index contributed by atoms with van der Waals surface area (Å²) in [5.41, 5.74) is 2.54. The number of fused-ring (bicyclic) bond motifs is 1. The van der Waals surface area contributed by atoms with E-state index in [-0.39, 0.29) is 5.91 Å². The second-order valence-corrected chi connectivity index (χ2v) is 5.58. The molecule has 2 heterocycles. The first kappa shape index (κ1) is 13.6. The normalized spacial score (nSPS) is 10.8. The first-order chi connectivity index (χ1) is 10.0. The zero-order chi connectivity index (χ0) is 15.0. The van der Waals surface area contributed by atoms with Crippen molar-refractivity contribution in [2.24, 2.45) is 0 Å². The molecule has 0 saturated heterocycles. The van der Waals surface area contributed by atoms with Crippen LogP contribution in [-0.2, 0) is 0 Å². The van der Waals surface area contributed by atoms with Gasteiger partial charge >= 0.3 is 0 Å². The molecule has 21 heavy (non-hydrogen) atoms. The summed E-state index contributed by atoms with van der Waals surface area (Å²) >= 11 is 1.35. The number of hydrogen-bond donors (Lipinski definition) is 1. The Balaban J connectivity index is 2.06. The number of benzene rings is 1. The average molecular weight is 301 g/mol. The van der Waals surface area contributed by atoms with E-state index in [1.54, 1.807) is 19.1 Å². The summed E-state index contributed by atoms with van der Waals surface area (Å²) in [5, 5.41) is 5.61. The van der Waals surface area contributed by atoms with E-state index in [4.69, 9.17) is 0 Å². The molecule has 0 aliphatic heterocycles. The topological polar surface area (TPSA) is 54.9 Å². The first-order valence-corrected chi connectivity index (χ1v) is 7.21. The number of aromatic nitrogens is 2. The van der Waals surface area contributed by atoms with E-state index in [1.165, 1.54) is 23.5 Å². The van der Waals surface area contributed by atoms with Gasteiger partial charge in [-0.1, -0.05) is 0 Å². The minimum Gasteiger partial charge on any atom is -0.298 e. The van der Waals surface area contributed by atoms with Crippen LogP contribution in [0.4, 0.5) is 9.52 Å². The number of carbonyl (C=O) groups is 1. The third-order valence-corrected chi connectivity index (χ3v) is 3.86. The molecule has 0 radical (unpaired) electrons. The number of amides is 1. The van der Waals surface area contributed by atoms with Gasteiger partial charge in [-0.15, -0.1) is 11.3 Å². The van der Waals surface area contributed by atoms with Gasteiger partial charge < -0.3 is 0 Å². The third kappa shape index (κ3) is 2.75. The summed E-state index contributed by atoms with van der Waals surface area (Å²) < 4.78 is 13.4. The van der Waals surface area contributed by atoms with Crippen LogP contribution < -0.4 is 5.32 Å². The Morgan fingerprint density at radius 3 is 2.71 bits per heavy atom. The lowest BCUT2D eigenvalue weighted by Gasteiger charge is -2.07. The molecule has 2 aromatic heterocycles. The van der Waals surface area contributed by atoms with Crippen molar-refractivity contribution in [3.8, 4) is 0 Å². The number of hydrogen-bond acceptors (Lipinski definition) is 4. The van der Waals surface area contributed by atoms with E-state index >= 15 is 0 Å². The van der Waals surface area contributed by atoms with Gasteiger partial charge in [0, 0.05) is 16.5 Å². The highest BCUT2D eigenvalue weighted by atomic mass is 32.1. The number of rotatable bonds is 2. The van der Waals surface area contributed by atoms with Crippen LogP contribution in [-0.4, -0.2) is 15.9 Å². The molecule has 1 N–H and O–H groups in total. The van der Waals surface area contributed by atoms with Crippen molar-refractivity contribution in [1.29, 1.82) is 0 Å². The summed E-state index contributed by atoms with van der Waals surface area (Å²) in [4.78, 5) is 20.9. The van der Waals surface area contributed by atoms with Gasteiger partial charge in [-0.3, -0.25) is 15.1 Å². The van der Waals surface area contributed by atoms with Gasteiger partial charge in [0.05, 0.1) is 16.8 Å². The molecule has 0 aliphatic carbocycles. The molecule has 0 saturated carbocycles. The molecule has 3 aromatic rings. The molecule has 1 amide bonds. The second-order valence-electron chi connectivity index (χ2n) is 4.72. The van der Waals surface area contributed by atoms with Crippen LogP contribution in [0.25, 0.3) is 10.9 Å². The molecule has 4 nitrogen and oxygen atoms in total. The van der Waals surface area contributed by atoms with Crippen LogP contribution in [0.2, 0.25) is 0 Å². The fourth-order valence-electron chi connectivity index (χ4n) is 2.09. The van der Waals surface area contributed by atoms with Gasteiger partial charge in [0.2, 0.25) is 0 Å². The van der Waals surface area contributed by atoms with Crippen LogP contribution in [0.5, 0.6) is 0 Å². The van der Waals surface area contributed by atoms with E-state index < -0.39 is 5.82 Å². The van der Waals surface area contributed by atoms with Crippen molar-refractivity contribution in [1.82, 2.24) is 9.97 Å². The number of nitrogens with one attached hydrogen (secondary N) is 1. The second kappa shape index (κ2) is 5.21. The highest BCUT2D eigenvalue weighted by molar-refractivity contribution is 7.13. The number of pyridine rings is 1. The molecule has 6 heteroatoms. The van der Waals surface area contributed by atoms with E-state index in [2.05, 4.69) is 15.3 Å². The number of halogens is 1. The molecule has 0 atom stereocenters. The lowest BCUT2D eigenvalue weighted by Crippen LogP contribution is -2.13. The molecule has 3 rings (SSSR count). The predicted octanol–water partition coefficient (Wildman–Crippen LogP) is 3.70. The molecule has 0 fully saturated rings. The van der Waals surface area contributed by atoms with Gasteiger partial charge in [0.1, 0.15) is 5.82 Å². The van der Waals surface area contributed by atoms with E-state index in [9.17, 15) is 9.18 Å². The summed E-state index contributed by atoms with van der Waals surface area (Å²) in [5.74, 6) is -0.710. The van der Waals surface area contributed by atoms with Gasteiger partial charge in [0.25, 0.3) is 5.91 Å². The van der Waals surface area contributed by atoms with Crippen molar-refractivity contribution in [3.63, 3.8) is 0 Å². The highest BCUT2D eigenvalue weighted by Gasteiger charge is 2.14. The van der Waals surface area contributed by atoms with Crippen LogP contribution >= 0.6 is 11.3 Å². The van der Waals surface area contributed by atoms with Gasteiger partial charge in [-0.25, -0.2) is 9.37 Å². The Labute approximate surface area is 124 Å². The average Bonchev–Trinajstić information content (AvgIpc) is 2.83. The lowest BCUT2D eigenvalue weighted by molar-refractivity contribution is 0.102. The Morgan fingerprint density at radius 1 is 1.19 bits per heavy atom. The summed E-state index contributed by atoms with van der Waals surface area (Å²) in [6, 6.07) is 5.88. The number of anilines is 1. The minimum atomic E-state index is -0.396. The standard InChI is InChI=1S/C15H12FN3OS/c1-8-5-12(11-6-10(16)3-4-13(11)17-8)14(20)19-15-18-9(2)7-21-15/h3-7H,1-2H3,(H,18,19,20). The van der Waals surface area contributed by atoms with Gasteiger partial charge in [-0.05, 0) is 38.1 Å².